The Bertz CT molecular complexity index is 1050. The van der Waals surface area contributed by atoms with E-state index in [2.05, 4.69) is 0 Å². The molecule has 3 saturated carbocycles. The fraction of sp³-hybridized carbons (Fsp3) is 0.889. The van der Waals surface area contributed by atoms with Crippen LogP contribution in [0.2, 0.25) is 0 Å². The highest BCUT2D eigenvalue weighted by atomic mass is 32.3. The lowest BCUT2D eigenvalue weighted by Crippen LogP contribution is -2.61. The van der Waals surface area contributed by atoms with Crippen LogP contribution in [0, 0.1) is 34.5 Å². The largest absolute Gasteiger partial charge is 0.397 e. The molecule has 0 saturated heterocycles. The van der Waals surface area contributed by atoms with Gasteiger partial charge in [0.05, 0.1) is 29.5 Å². The second kappa shape index (κ2) is 9.35. The molecule has 0 spiro atoms. The van der Waals surface area contributed by atoms with Crippen molar-refractivity contribution in [1.29, 1.82) is 0 Å². The Hall–Kier alpha value is -0.880. The lowest BCUT2D eigenvalue weighted by atomic mass is 9.46. The molecule has 0 aliphatic heterocycles. The summed E-state index contributed by atoms with van der Waals surface area (Å²) in [6, 6.07) is 0. The van der Waals surface area contributed by atoms with Crippen molar-refractivity contribution in [2.24, 2.45) is 34.5 Å². The third-order valence-electron chi connectivity index (χ3n) is 10.7. The monoisotopic (exact) mass is 544 g/mol. The van der Waals surface area contributed by atoms with E-state index in [0.717, 1.165) is 0 Å². The molecular weight excluding hydrogens is 500 g/mol. The van der Waals surface area contributed by atoms with E-state index in [-0.39, 0.29) is 42.8 Å². The fourth-order valence-electron chi connectivity index (χ4n) is 8.56. The predicted molar refractivity (Wildman–Crippen MR) is 136 cm³/mol. The van der Waals surface area contributed by atoms with Crippen molar-refractivity contribution in [3.05, 3.63) is 11.6 Å². The molecule has 0 aromatic heterocycles. The molecule has 3 fully saturated rings. The Balaban J connectivity index is 1.66. The van der Waals surface area contributed by atoms with Crippen LogP contribution < -0.4 is 0 Å². The number of fused-ring (bicyclic) bond motifs is 5. The third-order valence-corrected chi connectivity index (χ3v) is 11.2. The number of hydrogen-bond donors (Lipinski definition) is 5. The molecule has 10 atom stereocenters. The van der Waals surface area contributed by atoms with Gasteiger partial charge in [-0.05, 0) is 100 Å². The van der Waals surface area contributed by atoms with Crippen molar-refractivity contribution in [3.63, 3.8) is 0 Å². The van der Waals surface area contributed by atoms with Crippen molar-refractivity contribution in [2.75, 3.05) is 0 Å². The van der Waals surface area contributed by atoms with Gasteiger partial charge in [-0.25, -0.2) is 4.18 Å². The van der Waals surface area contributed by atoms with Crippen LogP contribution in [-0.2, 0) is 19.4 Å². The van der Waals surface area contributed by atoms with E-state index < -0.39 is 56.7 Å². The second-order valence-electron chi connectivity index (χ2n) is 13.4. The maximum Gasteiger partial charge on any atom is 0.397 e. The summed E-state index contributed by atoms with van der Waals surface area (Å²) in [7, 11) is -4.73. The van der Waals surface area contributed by atoms with Crippen LogP contribution in [0.4, 0.5) is 0 Å². The molecule has 0 amide bonds. The summed E-state index contributed by atoms with van der Waals surface area (Å²) in [6.07, 6.45) is 2.16. The number of carbonyl (C=O) groups excluding carboxylic acids is 1. The Labute approximate surface area is 220 Å². The molecular formula is C27H44O9S. The number of hydrogen-bond acceptors (Lipinski definition) is 8. The minimum absolute atomic E-state index is 0.107. The summed E-state index contributed by atoms with van der Waals surface area (Å²) in [6.45, 7) is 9.11. The molecule has 0 aromatic rings. The molecule has 4 aliphatic carbocycles. The molecule has 5 N–H and O–H groups in total. The highest BCUT2D eigenvalue weighted by Gasteiger charge is 2.67. The maximum atomic E-state index is 13.3. The first-order chi connectivity index (χ1) is 16.8. The van der Waals surface area contributed by atoms with Crippen molar-refractivity contribution in [3.8, 4) is 0 Å². The van der Waals surface area contributed by atoms with Crippen molar-refractivity contribution in [2.45, 2.75) is 115 Å². The Morgan fingerprint density at radius 3 is 2.38 bits per heavy atom. The summed E-state index contributed by atoms with van der Waals surface area (Å²) < 4.78 is 38.0. The summed E-state index contributed by atoms with van der Waals surface area (Å²) in [5.74, 6) is -1.16. The van der Waals surface area contributed by atoms with Gasteiger partial charge in [-0.15, -0.1) is 0 Å². The van der Waals surface area contributed by atoms with Crippen molar-refractivity contribution < 1.29 is 42.4 Å². The number of allylic oxidation sites excluding steroid dienone is 1. The van der Waals surface area contributed by atoms with Crippen LogP contribution in [0.25, 0.3) is 0 Å². The topological polar surface area (TPSA) is 162 Å². The van der Waals surface area contributed by atoms with Crippen LogP contribution in [-0.4, -0.2) is 68.7 Å². The minimum Gasteiger partial charge on any atom is -0.390 e. The van der Waals surface area contributed by atoms with Crippen LogP contribution >= 0.6 is 0 Å². The standard InChI is InChI=1S/C27H44O9S/c1-15(23(36-37(33,34)35)8-9-24(2,3)31)16-7-11-27(32)18-12-20(28)19-13-21(29)22(30)14-25(19,4)17(18)6-10-26(16,27)5/h12,15-17,19,21-23,29-32H,6-11,13-14H2,1-5H3,(H,33,34,35)/t15-,16+,17-,19-,21+,22-,23?,25+,26+,27+/m0/s1. The molecule has 0 bridgehead atoms. The van der Waals surface area contributed by atoms with Gasteiger partial charge in [0.15, 0.2) is 5.78 Å². The Kier molecular flexibility index (Phi) is 7.36. The number of carbonyl (C=O) groups is 1. The van der Waals surface area contributed by atoms with Crippen LogP contribution in [0.15, 0.2) is 11.6 Å². The number of rotatable bonds is 7. The predicted octanol–water partition coefficient (Wildman–Crippen LogP) is 2.57. The summed E-state index contributed by atoms with van der Waals surface area (Å²) >= 11 is 0. The number of aliphatic hydroxyl groups is 4. The second-order valence-corrected chi connectivity index (χ2v) is 14.5. The van der Waals surface area contributed by atoms with E-state index in [4.69, 9.17) is 4.18 Å². The molecule has 4 aliphatic rings. The van der Waals surface area contributed by atoms with Crippen LogP contribution in [0.5, 0.6) is 0 Å². The fourth-order valence-corrected chi connectivity index (χ4v) is 9.15. The summed E-state index contributed by atoms with van der Waals surface area (Å²) in [5, 5.41) is 43.3. The molecule has 0 aromatic carbocycles. The van der Waals surface area contributed by atoms with E-state index >= 15 is 0 Å². The Morgan fingerprint density at radius 1 is 1.14 bits per heavy atom. The third kappa shape index (κ3) is 4.96. The van der Waals surface area contributed by atoms with E-state index in [1.165, 1.54) is 0 Å². The lowest BCUT2D eigenvalue weighted by Gasteiger charge is -2.60. The SMILES string of the molecule is C[C@H](C(CCC(C)(C)O)OS(=O)(=O)O)[C@H]1CC[C@@]2(O)C3=CC(=O)[C@@H]4C[C@@H](O)[C@@H](O)C[C@]4(C)[C@H]3CC[C@]12C. The molecule has 37 heavy (non-hydrogen) atoms. The van der Waals surface area contributed by atoms with Crippen molar-refractivity contribution >= 4 is 16.2 Å². The lowest BCUT2D eigenvalue weighted by molar-refractivity contribution is -0.154. The molecule has 0 radical (unpaired) electrons. The van der Waals surface area contributed by atoms with E-state index in [1.807, 2.05) is 20.8 Å². The first kappa shape index (κ1) is 29.1. The molecule has 0 heterocycles. The first-order valence-corrected chi connectivity index (χ1v) is 14.9. The highest BCUT2D eigenvalue weighted by molar-refractivity contribution is 7.80. The van der Waals surface area contributed by atoms with Gasteiger partial charge in [0.25, 0.3) is 0 Å². The van der Waals surface area contributed by atoms with Gasteiger partial charge in [0.1, 0.15) is 0 Å². The quantitative estimate of drug-likeness (QED) is 0.303. The van der Waals surface area contributed by atoms with E-state index in [0.29, 0.717) is 37.7 Å². The molecule has 10 heteroatoms. The molecule has 9 nitrogen and oxygen atoms in total. The molecule has 1 unspecified atom stereocenters. The smallest absolute Gasteiger partial charge is 0.390 e. The van der Waals surface area contributed by atoms with Crippen LogP contribution in [0.3, 0.4) is 0 Å². The van der Waals surface area contributed by atoms with Gasteiger partial charge in [-0.2, -0.15) is 8.42 Å². The van der Waals surface area contributed by atoms with Gasteiger partial charge in [-0.3, -0.25) is 9.35 Å². The van der Waals surface area contributed by atoms with Gasteiger partial charge >= 0.3 is 10.4 Å². The first-order valence-electron chi connectivity index (χ1n) is 13.5. The van der Waals surface area contributed by atoms with E-state index in [9.17, 15) is 38.2 Å². The van der Waals surface area contributed by atoms with Crippen LogP contribution in [0.1, 0.15) is 86.0 Å². The average molecular weight is 545 g/mol. The van der Waals surface area contributed by atoms with Gasteiger partial charge in [-0.1, -0.05) is 20.8 Å². The number of ketones is 1. The molecule has 4 rings (SSSR count). The highest BCUT2D eigenvalue weighted by Crippen LogP contribution is 2.68. The zero-order chi connectivity index (χ0) is 27.8. The zero-order valence-corrected chi connectivity index (χ0v) is 23.4. The normalized spacial score (nSPS) is 43.9. The van der Waals surface area contributed by atoms with Crippen molar-refractivity contribution in [1.82, 2.24) is 0 Å². The summed E-state index contributed by atoms with van der Waals surface area (Å²) in [5.41, 5.74) is -2.86. The zero-order valence-electron chi connectivity index (χ0n) is 22.6. The average Bonchev–Trinajstić information content (AvgIpc) is 3.03. The van der Waals surface area contributed by atoms with Gasteiger partial charge < -0.3 is 20.4 Å². The Morgan fingerprint density at radius 2 is 1.78 bits per heavy atom. The van der Waals surface area contributed by atoms with E-state index in [1.54, 1.807) is 19.9 Å². The van der Waals surface area contributed by atoms with Gasteiger partial charge in [0, 0.05) is 11.3 Å². The number of aliphatic hydroxyl groups excluding tert-OH is 2. The van der Waals surface area contributed by atoms with Gasteiger partial charge in [0.2, 0.25) is 0 Å². The molecule has 212 valence electrons. The maximum absolute atomic E-state index is 13.3. The minimum atomic E-state index is -4.73. The summed E-state index contributed by atoms with van der Waals surface area (Å²) in [4.78, 5) is 13.3.